The summed E-state index contributed by atoms with van der Waals surface area (Å²) in [6, 6.07) is 0.514. The number of anilines is 1. The Balaban J connectivity index is 2.36. The Bertz CT molecular complexity index is 446. The highest BCUT2D eigenvalue weighted by Gasteiger charge is 2.31. The van der Waals surface area contributed by atoms with Gasteiger partial charge in [-0.25, -0.2) is 9.97 Å². The van der Waals surface area contributed by atoms with Gasteiger partial charge >= 0.3 is 0 Å². The molecule has 0 atom stereocenters. The van der Waals surface area contributed by atoms with Gasteiger partial charge in [-0.05, 0) is 26.2 Å². The molecule has 0 spiro atoms. The molecule has 1 aromatic rings. The monoisotopic (exact) mass is 267 g/mol. The number of carbonyl (C=O) groups is 1. The van der Waals surface area contributed by atoms with E-state index >= 15 is 0 Å². The van der Waals surface area contributed by atoms with Crippen molar-refractivity contribution in [3.63, 3.8) is 0 Å². The topological polar surface area (TPSA) is 46.1 Å². The molecule has 1 saturated carbocycles. The fourth-order valence-electron chi connectivity index (χ4n) is 2.03. The molecule has 1 heterocycles. The van der Waals surface area contributed by atoms with Crippen LogP contribution in [-0.4, -0.2) is 28.8 Å². The predicted octanol–water partition coefficient (Wildman–Crippen LogP) is 3.02. The molecule has 98 valence electrons. The smallest absolute Gasteiger partial charge is 0.156 e. The third-order valence-corrected chi connectivity index (χ3v) is 3.41. The van der Waals surface area contributed by atoms with Crippen molar-refractivity contribution in [2.24, 2.45) is 0 Å². The Morgan fingerprint density at radius 1 is 1.44 bits per heavy atom. The number of halogens is 1. The van der Waals surface area contributed by atoms with Crippen LogP contribution in [0.5, 0.6) is 0 Å². The maximum absolute atomic E-state index is 11.2. The van der Waals surface area contributed by atoms with Crippen molar-refractivity contribution < 1.29 is 4.79 Å². The fraction of sp³-hybridized carbons (Fsp3) is 0.615. The van der Waals surface area contributed by atoms with Crippen LogP contribution in [-0.2, 0) is 0 Å². The zero-order chi connectivity index (χ0) is 13.1. The van der Waals surface area contributed by atoms with E-state index in [2.05, 4.69) is 21.8 Å². The molecule has 5 heteroatoms. The minimum atomic E-state index is 0.259. The molecule has 0 aliphatic heterocycles. The SMILES string of the molecule is CCCCN(c1nc(C)nc(Cl)c1C=O)C1CC1. The molecule has 18 heavy (non-hydrogen) atoms. The summed E-state index contributed by atoms with van der Waals surface area (Å²) < 4.78 is 0. The Hall–Kier alpha value is -1.16. The molecular formula is C13H18ClN3O. The first-order chi connectivity index (χ1) is 8.67. The van der Waals surface area contributed by atoms with Crippen molar-refractivity contribution in [3.8, 4) is 0 Å². The summed E-state index contributed by atoms with van der Waals surface area (Å²) in [5.41, 5.74) is 0.422. The lowest BCUT2D eigenvalue weighted by Gasteiger charge is -2.25. The second kappa shape index (κ2) is 5.65. The van der Waals surface area contributed by atoms with Gasteiger partial charge in [0.15, 0.2) is 6.29 Å². The van der Waals surface area contributed by atoms with Gasteiger partial charge in [0.1, 0.15) is 16.8 Å². The Morgan fingerprint density at radius 2 is 2.17 bits per heavy atom. The van der Waals surface area contributed by atoms with E-state index in [9.17, 15) is 4.79 Å². The number of aromatic nitrogens is 2. The molecule has 2 rings (SSSR count). The Labute approximate surface area is 112 Å². The van der Waals surface area contributed by atoms with Crippen LogP contribution >= 0.6 is 11.6 Å². The van der Waals surface area contributed by atoms with Crippen molar-refractivity contribution in [1.82, 2.24) is 9.97 Å². The molecule has 0 amide bonds. The largest absolute Gasteiger partial charge is 0.353 e. The summed E-state index contributed by atoms with van der Waals surface area (Å²) in [7, 11) is 0. The van der Waals surface area contributed by atoms with Crippen LogP contribution in [0.3, 0.4) is 0 Å². The van der Waals surface area contributed by atoms with Gasteiger partial charge in [0.2, 0.25) is 0 Å². The normalized spacial score (nSPS) is 14.6. The van der Waals surface area contributed by atoms with Crippen LogP contribution in [0, 0.1) is 6.92 Å². The van der Waals surface area contributed by atoms with Crippen LogP contribution < -0.4 is 4.90 Å². The minimum Gasteiger partial charge on any atom is -0.353 e. The van der Waals surface area contributed by atoms with Crippen molar-refractivity contribution >= 4 is 23.7 Å². The molecule has 1 aromatic heterocycles. The number of nitrogens with zero attached hydrogens (tertiary/aromatic N) is 3. The second-order valence-electron chi connectivity index (χ2n) is 4.69. The van der Waals surface area contributed by atoms with Crippen LogP contribution in [0.4, 0.5) is 5.82 Å². The minimum absolute atomic E-state index is 0.259. The average molecular weight is 268 g/mol. The van der Waals surface area contributed by atoms with Crippen LogP contribution in [0.1, 0.15) is 48.8 Å². The zero-order valence-corrected chi connectivity index (χ0v) is 11.6. The highest BCUT2D eigenvalue weighted by molar-refractivity contribution is 6.32. The second-order valence-corrected chi connectivity index (χ2v) is 5.05. The molecule has 0 N–H and O–H groups in total. The summed E-state index contributed by atoms with van der Waals surface area (Å²) >= 11 is 6.03. The highest BCUT2D eigenvalue weighted by atomic mass is 35.5. The molecule has 0 unspecified atom stereocenters. The van der Waals surface area contributed by atoms with E-state index in [1.807, 2.05) is 0 Å². The van der Waals surface area contributed by atoms with Crippen molar-refractivity contribution in [1.29, 1.82) is 0 Å². The van der Waals surface area contributed by atoms with Gasteiger partial charge in [0.05, 0.1) is 5.56 Å². The lowest BCUT2D eigenvalue weighted by molar-refractivity contribution is 0.112. The number of hydrogen-bond acceptors (Lipinski definition) is 4. The van der Waals surface area contributed by atoms with E-state index in [1.54, 1.807) is 6.92 Å². The molecular weight excluding hydrogens is 250 g/mol. The number of hydrogen-bond donors (Lipinski definition) is 0. The van der Waals surface area contributed by atoms with Crippen molar-refractivity contribution in [3.05, 3.63) is 16.5 Å². The van der Waals surface area contributed by atoms with E-state index in [0.717, 1.165) is 25.7 Å². The zero-order valence-electron chi connectivity index (χ0n) is 10.8. The quantitative estimate of drug-likeness (QED) is 0.587. The molecule has 0 saturated heterocycles. The first kappa shape index (κ1) is 13.3. The number of carbonyl (C=O) groups excluding carboxylic acids is 1. The van der Waals surface area contributed by atoms with Gasteiger partial charge in [-0.1, -0.05) is 24.9 Å². The number of unbranched alkanes of at least 4 members (excludes halogenated alkanes) is 1. The van der Waals surface area contributed by atoms with E-state index in [4.69, 9.17) is 11.6 Å². The van der Waals surface area contributed by atoms with Gasteiger partial charge in [-0.2, -0.15) is 0 Å². The Morgan fingerprint density at radius 3 is 2.72 bits per heavy atom. The van der Waals surface area contributed by atoms with E-state index in [1.165, 1.54) is 12.8 Å². The first-order valence-corrected chi connectivity index (χ1v) is 6.81. The number of aldehydes is 1. The van der Waals surface area contributed by atoms with Gasteiger partial charge in [-0.15, -0.1) is 0 Å². The maximum atomic E-state index is 11.2. The van der Waals surface area contributed by atoms with Crippen molar-refractivity contribution in [2.45, 2.75) is 45.6 Å². The van der Waals surface area contributed by atoms with Gasteiger partial charge in [-0.3, -0.25) is 4.79 Å². The van der Waals surface area contributed by atoms with E-state index in [0.29, 0.717) is 23.2 Å². The maximum Gasteiger partial charge on any atom is 0.156 e. The standard InChI is InChI=1S/C13H18ClN3O/c1-3-4-7-17(10-5-6-10)13-11(8-18)12(14)15-9(2)16-13/h8,10H,3-7H2,1-2H3. The van der Waals surface area contributed by atoms with Gasteiger partial charge in [0.25, 0.3) is 0 Å². The summed E-state index contributed by atoms with van der Waals surface area (Å²) in [5, 5.41) is 0.259. The van der Waals surface area contributed by atoms with Crippen molar-refractivity contribution in [2.75, 3.05) is 11.4 Å². The molecule has 0 bridgehead atoms. The number of aryl methyl sites for hydroxylation is 1. The Kier molecular flexibility index (Phi) is 4.17. The summed E-state index contributed by atoms with van der Waals surface area (Å²) in [6.07, 6.45) is 5.32. The van der Waals surface area contributed by atoms with Gasteiger partial charge in [0, 0.05) is 12.6 Å². The molecule has 0 aromatic carbocycles. The first-order valence-electron chi connectivity index (χ1n) is 6.43. The lowest BCUT2D eigenvalue weighted by atomic mass is 10.2. The molecule has 1 fully saturated rings. The fourth-order valence-corrected chi connectivity index (χ4v) is 2.28. The van der Waals surface area contributed by atoms with Gasteiger partial charge < -0.3 is 4.90 Å². The van der Waals surface area contributed by atoms with Crippen LogP contribution in [0.25, 0.3) is 0 Å². The summed E-state index contributed by atoms with van der Waals surface area (Å²) in [5.74, 6) is 1.32. The van der Waals surface area contributed by atoms with E-state index < -0.39 is 0 Å². The molecule has 4 nitrogen and oxygen atoms in total. The lowest BCUT2D eigenvalue weighted by Crippen LogP contribution is -2.29. The predicted molar refractivity (Wildman–Crippen MR) is 72.4 cm³/mol. The van der Waals surface area contributed by atoms with Crippen LogP contribution in [0.15, 0.2) is 0 Å². The van der Waals surface area contributed by atoms with E-state index in [-0.39, 0.29) is 5.15 Å². The molecule has 1 aliphatic carbocycles. The third kappa shape index (κ3) is 2.80. The third-order valence-electron chi connectivity index (χ3n) is 3.12. The number of rotatable bonds is 6. The molecule has 0 radical (unpaired) electrons. The average Bonchev–Trinajstić information content (AvgIpc) is 3.13. The molecule has 1 aliphatic rings. The summed E-state index contributed by atoms with van der Waals surface area (Å²) in [6.45, 7) is 4.88. The highest BCUT2D eigenvalue weighted by Crippen LogP contribution is 2.33. The van der Waals surface area contributed by atoms with Crippen LogP contribution in [0.2, 0.25) is 5.15 Å². The summed E-state index contributed by atoms with van der Waals surface area (Å²) in [4.78, 5) is 21.9.